The van der Waals surface area contributed by atoms with Gasteiger partial charge in [-0.15, -0.1) is 0 Å². The molecule has 2 aliphatic rings. The van der Waals surface area contributed by atoms with Crippen LogP contribution in [-0.4, -0.2) is 44.2 Å². The highest BCUT2D eigenvalue weighted by molar-refractivity contribution is 5.37. The van der Waals surface area contributed by atoms with E-state index >= 15 is 0 Å². The molecule has 21 heavy (non-hydrogen) atoms. The van der Waals surface area contributed by atoms with Crippen LogP contribution in [0, 0.1) is 0 Å². The Morgan fingerprint density at radius 2 is 2.14 bits per heavy atom. The third-order valence-corrected chi connectivity index (χ3v) is 5.21. The Hall–Kier alpha value is -1.06. The number of piperidine rings is 1. The number of hydrogen-bond donors (Lipinski definition) is 1. The fourth-order valence-electron chi connectivity index (χ4n) is 3.74. The average Bonchev–Trinajstić information content (AvgIpc) is 2.53. The first kappa shape index (κ1) is 14.9. The van der Waals surface area contributed by atoms with Crippen molar-refractivity contribution in [3.05, 3.63) is 29.3 Å². The second-order valence-corrected chi connectivity index (χ2v) is 6.61. The van der Waals surface area contributed by atoms with Gasteiger partial charge in [0, 0.05) is 18.6 Å². The lowest BCUT2D eigenvalue weighted by Gasteiger charge is -2.34. The Labute approximate surface area is 128 Å². The molecule has 1 aromatic carbocycles. The van der Waals surface area contributed by atoms with Crippen molar-refractivity contribution in [3.8, 4) is 5.75 Å². The number of aryl methyl sites for hydroxylation is 1. The van der Waals surface area contributed by atoms with Gasteiger partial charge in [-0.3, -0.25) is 0 Å². The molecule has 0 aromatic heterocycles. The molecule has 2 unspecified atom stereocenters. The monoisotopic (exact) mass is 288 g/mol. The van der Waals surface area contributed by atoms with Crippen molar-refractivity contribution >= 4 is 0 Å². The number of likely N-dealkylation sites (tertiary alicyclic amines) is 1. The summed E-state index contributed by atoms with van der Waals surface area (Å²) in [7, 11) is 4.02. The number of benzene rings is 1. The van der Waals surface area contributed by atoms with Gasteiger partial charge in [-0.05, 0) is 69.0 Å². The second kappa shape index (κ2) is 6.80. The van der Waals surface area contributed by atoms with Gasteiger partial charge in [-0.25, -0.2) is 0 Å². The van der Waals surface area contributed by atoms with Crippen molar-refractivity contribution in [3.63, 3.8) is 0 Å². The Balaban J connectivity index is 1.55. The van der Waals surface area contributed by atoms with Crippen LogP contribution in [0.5, 0.6) is 5.75 Å². The van der Waals surface area contributed by atoms with E-state index in [0.29, 0.717) is 6.04 Å². The van der Waals surface area contributed by atoms with Crippen molar-refractivity contribution in [1.82, 2.24) is 10.2 Å². The number of fused-ring (bicyclic) bond motifs is 1. The van der Waals surface area contributed by atoms with E-state index in [1.54, 1.807) is 7.11 Å². The minimum atomic E-state index is 0.625. The van der Waals surface area contributed by atoms with Gasteiger partial charge < -0.3 is 15.0 Å². The molecule has 1 aliphatic heterocycles. The lowest BCUT2D eigenvalue weighted by Crippen LogP contribution is -2.46. The maximum atomic E-state index is 5.36. The van der Waals surface area contributed by atoms with Crippen molar-refractivity contribution in [1.29, 1.82) is 0 Å². The zero-order valence-corrected chi connectivity index (χ0v) is 13.4. The Morgan fingerprint density at radius 1 is 1.24 bits per heavy atom. The molecule has 116 valence electrons. The number of ether oxygens (including phenoxy) is 1. The quantitative estimate of drug-likeness (QED) is 0.922. The van der Waals surface area contributed by atoms with E-state index in [0.717, 1.165) is 24.8 Å². The normalized spacial score (nSPS) is 26.4. The lowest BCUT2D eigenvalue weighted by atomic mass is 9.88. The predicted molar refractivity (Wildman–Crippen MR) is 87.1 cm³/mol. The van der Waals surface area contributed by atoms with Gasteiger partial charge >= 0.3 is 0 Å². The van der Waals surface area contributed by atoms with Crippen LogP contribution in [0.4, 0.5) is 0 Å². The Morgan fingerprint density at radius 3 is 2.95 bits per heavy atom. The second-order valence-electron chi connectivity index (χ2n) is 6.61. The van der Waals surface area contributed by atoms with E-state index in [1.165, 1.54) is 49.8 Å². The van der Waals surface area contributed by atoms with Gasteiger partial charge in [0.2, 0.25) is 0 Å². The number of nitrogens with zero attached hydrogens (tertiary/aromatic N) is 1. The molecule has 1 aliphatic carbocycles. The van der Waals surface area contributed by atoms with Crippen LogP contribution in [0.2, 0.25) is 0 Å². The van der Waals surface area contributed by atoms with Crippen LogP contribution in [-0.2, 0) is 12.8 Å². The maximum Gasteiger partial charge on any atom is 0.119 e. The van der Waals surface area contributed by atoms with Crippen LogP contribution in [0.1, 0.15) is 36.8 Å². The molecule has 3 heteroatoms. The van der Waals surface area contributed by atoms with Crippen molar-refractivity contribution in [2.24, 2.45) is 0 Å². The molecule has 2 atom stereocenters. The third-order valence-electron chi connectivity index (χ3n) is 5.21. The highest BCUT2D eigenvalue weighted by Gasteiger charge is 2.22. The SMILES string of the molecule is COc1ccc2c(c1)CC(NCC1CCCCN1C)CC2. The van der Waals surface area contributed by atoms with Crippen LogP contribution in [0.25, 0.3) is 0 Å². The van der Waals surface area contributed by atoms with E-state index in [2.05, 4.69) is 35.5 Å². The molecule has 1 N–H and O–H groups in total. The van der Waals surface area contributed by atoms with Gasteiger partial charge in [-0.1, -0.05) is 12.5 Å². The summed E-state index contributed by atoms with van der Waals surface area (Å²) in [6.45, 7) is 2.40. The smallest absolute Gasteiger partial charge is 0.119 e. The summed E-state index contributed by atoms with van der Waals surface area (Å²) < 4.78 is 5.36. The van der Waals surface area contributed by atoms with E-state index < -0.39 is 0 Å². The molecule has 1 aromatic rings. The number of hydrogen-bond acceptors (Lipinski definition) is 3. The van der Waals surface area contributed by atoms with E-state index in [1.807, 2.05) is 0 Å². The highest BCUT2D eigenvalue weighted by Crippen LogP contribution is 2.25. The molecule has 3 rings (SSSR count). The summed E-state index contributed by atoms with van der Waals surface area (Å²) in [6, 6.07) is 7.89. The molecule has 1 saturated heterocycles. The summed E-state index contributed by atoms with van der Waals surface area (Å²) in [6.07, 6.45) is 7.70. The first-order chi connectivity index (χ1) is 10.3. The van der Waals surface area contributed by atoms with Crippen LogP contribution in [0.3, 0.4) is 0 Å². The first-order valence-corrected chi connectivity index (χ1v) is 8.35. The molecule has 3 nitrogen and oxygen atoms in total. The fraction of sp³-hybridized carbons (Fsp3) is 0.667. The number of likely N-dealkylation sites (N-methyl/N-ethyl adjacent to an activating group) is 1. The van der Waals surface area contributed by atoms with Gasteiger partial charge in [0.05, 0.1) is 7.11 Å². The summed E-state index contributed by atoms with van der Waals surface area (Å²) in [4.78, 5) is 2.52. The molecule has 1 heterocycles. The van der Waals surface area contributed by atoms with Crippen LogP contribution < -0.4 is 10.1 Å². The predicted octanol–water partition coefficient (Wildman–Crippen LogP) is 2.63. The Bertz CT molecular complexity index is 474. The van der Waals surface area contributed by atoms with Crippen LogP contribution >= 0.6 is 0 Å². The number of nitrogens with one attached hydrogen (secondary N) is 1. The van der Waals surface area contributed by atoms with Crippen molar-refractivity contribution in [2.75, 3.05) is 27.2 Å². The fourth-order valence-corrected chi connectivity index (χ4v) is 3.74. The van der Waals surface area contributed by atoms with Gasteiger partial charge in [0.15, 0.2) is 0 Å². The first-order valence-electron chi connectivity index (χ1n) is 8.35. The summed E-state index contributed by atoms with van der Waals surface area (Å²) in [5.41, 5.74) is 2.97. The maximum absolute atomic E-state index is 5.36. The summed E-state index contributed by atoms with van der Waals surface area (Å²) >= 11 is 0. The number of methoxy groups -OCH3 is 1. The molecule has 1 fully saturated rings. The van der Waals surface area contributed by atoms with E-state index in [4.69, 9.17) is 4.74 Å². The molecule has 0 amide bonds. The largest absolute Gasteiger partial charge is 0.497 e. The van der Waals surface area contributed by atoms with Crippen LogP contribution in [0.15, 0.2) is 18.2 Å². The topological polar surface area (TPSA) is 24.5 Å². The average molecular weight is 288 g/mol. The highest BCUT2D eigenvalue weighted by atomic mass is 16.5. The van der Waals surface area contributed by atoms with Gasteiger partial charge in [0.25, 0.3) is 0 Å². The standard InChI is InChI=1S/C18H28N2O/c1-20-10-4-3-5-17(20)13-19-16-8-6-14-7-9-18(21-2)12-15(14)11-16/h7,9,12,16-17,19H,3-6,8,10-11,13H2,1-2H3. The van der Waals surface area contributed by atoms with Gasteiger partial charge in [-0.2, -0.15) is 0 Å². The molecule has 0 bridgehead atoms. The zero-order valence-electron chi connectivity index (χ0n) is 13.4. The summed E-state index contributed by atoms with van der Waals surface area (Å²) in [5, 5.41) is 3.82. The molecule has 0 saturated carbocycles. The molecule has 0 radical (unpaired) electrons. The summed E-state index contributed by atoms with van der Waals surface area (Å²) in [5.74, 6) is 0.987. The van der Waals surface area contributed by atoms with Crippen molar-refractivity contribution < 1.29 is 4.74 Å². The molecular weight excluding hydrogens is 260 g/mol. The third kappa shape index (κ3) is 3.58. The van der Waals surface area contributed by atoms with E-state index in [9.17, 15) is 0 Å². The van der Waals surface area contributed by atoms with Crippen molar-refractivity contribution in [2.45, 2.75) is 50.6 Å². The number of rotatable bonds is 4. The minimum absolute atomic E-state index is 0.625. The minimum Gasteiger partial charge on any atom is -0.497 e. The zero-order chi connectivity index (χ0) is 14.7. The molecular formula is C18H28N2O. The Kier molecular flexibility index (Phi) is 4.81. The molecule has 0 spiro atoms. The lowest BCUT2D eigenvalue weighted by molar-refractivity contribution is 0.176. The van der Waals surface area contributed by atoms with Gasteiger partial charge in [0.1, 0.15) is 5.75 Å². The van der Waals surface area contributed by atoms with E-state index in [-0.39, 0.29) is 0 Å².